The fourth-order valence-corrected chi connectivity index (χ4v) is 4.27. The van der Waals surface area contributed by atoms with Gasteiger partial charge in [-0.2, -0.15) is 0 Å². The Hall–Kier alpha value is -5.63. The Morgan fingerprint density at radius 2 is 1.12 bits per heavy atom. The molecule has 0 spiro atoms. The molecule has 0 aromatic heterocycles. The Kier molecular flexibility index (Phi) is 8.97. The van der Waals surface area contributed by atoms with E-state index in [1.165, 1.54) is 24.3 Å². The zero-order valence-electron chi connectivity index (χ0n) is 23.3. The molecule has 0 aliphatic carbocycles. The number of ether oxygens (including phenoxy) is 4. The van der Waals surface area contributed by atoms with Crippen LogP contribution >= 0.6 is 0 Å². The first-order valence-corrected chi connectivity index (χ1v) is 13.6. The van der Waals surface area contributed by atoms with Crippen LogP contribution in [0, 0.1) is 0 Å². The minimum absolute atomic E-state index is 0.0671. The molecule has 0 radical (unpaired) electrons. The van der Waals surface area contributed by atoms with Gasteiger partial charge >= 0.3 is 17.9 Å². The minimum Gasteiger partial charge on any atom is -0.508 e. The van der Waals surface area contributed by atoms with Crippen LogP contribution < -0.4 is 14.2 Å². The van der Waals surface area contributed by atoms with Crippen LogP contribution in [0.1, 0.15) is 43.6 Å². The van der Waals surface area contributed by atoms with E-state index in [0.29, 0.717) is 47.0 Å². The average Bonchev–Trinajstić information content (AvgIpc) is 3.02. The quantitative estimate of drug-likeness (QED) is 0.143. The van der Waals surface area contributed by atoms with E-state index in [0.717, 1.165) is 16.3 Å². The third-order valence-electron chi connectivity index (χ3n) is 6.52. The molecule has 216 valence electrons. The number of fused-ring (bicyclic) bond motifs is 1. The summed E-state index contributed by atoms with van der Waals surface area (Å²) < 4.78 is 21.8. The predicted molar refractivity (Wildman–Crippen MR) is 160 cm³/mol. The lowest BCUT2D eigenvalue weighted by atomic mass is 10.1. The lowest BCUT2D eigenvalue weighted by molar-refractivity contribution is 0.0508. The third-order valence-corrected chi connectivity index (χ3v) is 6.52. The van der Waals surface area contributed by atoms with Gasteiger partial charge in [0, 0.05) is 6.42 Å². The van der Waals surface area contributed by atoms with Crippen molar-refractivity contribution in [2.24, 2.45) is 0 Å². The largest absolute Gasteiger partial charge is 0.508 e. The molecule has 0 heterocycles. The Labute approximate surface area is 248 Å². The summed E-state index contributed by atoms with van der Waals surface area (Å²) in [6.07, 6.45) is 0.481. The van der Waals surface area contributed by atoms with Gasteiger partial charge in [-0.25, -0.2) is 14.4 Å². The van der Waals surface area contributed by atoms with Gasteiger partial charge < -0.3 is 24.1 Å². The zero-order valence-corrected chi connectivity index (χ0v) is 23.3. The number of aromatic hydroxyl groups is 1. The van der Waals surface area contributed by atoms with Gasteiger partial charge in [0.15, 0.2) is 0 Å². The normalized spacial score (nSPS) is 10.6. The Morgan fingerprint density at radius 3 is 1.79 bits per heavy atom. The fourth-order valence-electron chi connectivity index (χ4n) is 4.27. The fraction of sp³-hybridized carbons (Fsp3) is 0.114. The molecular weight excluding hydrogens is 548 g/mol. The van der Waals surface area contributed by atoms with E-state index >= 15 is 0 Å². The number of carbonyl (C=O) groups excluding carboxylic acids is 3. The van der Waals surface area contributed by atoms with Gasteiger partial charge in [-0.15, -0.1) is 0 Å². The summed E-state index contributed by atoms with van der Waals surface area (Å²) in [5.41, 5.74) is 2.05. The van der Waals surface area contributed by atoms with Crippen LogP contribution in [-0.2, 0) is 11.2 Å². The molecule has 0 unspecified atom stereocenters. The van der Waals surface area contributed by atoms with E-state index in [2.05, 4.69) is 0 Å². The Morgan fingerprint density at radius 1 is 0.581 bits per heavy atom. The standard InChI is InChI=1S/C35H28O8/c1-2-40-30-16-9-25(10-17-30)35(39)43-32-18-11-26-21-28(6-5-27(26)22-32)33(37)41-20-19-23-3-14-31(15-4-23)42-34(38)24-7-12-29(36)13-8-24/h3-18,21-22,36H,2,19-20H2,1H3. The van der Waals surface area contributed by atoms with Gasteiger partial charge in [-0.1, -0.05) is 24.3 Å². The van der Waals surface area contributed by atoms with Crippen LogP contribution in [0.2, 0.25) is 0 Å². The van der Waals surface area contributed by atoms with E-state index < -0.39 is 17.9 Å². The molecule has 0 fully saturated rings. The number of phenols is 1. The van der Waals surface area contributed by atoms with Crippen molar-refractivity contribution in [1.82, 2.24) is 0 Å². The number of esters is 3. The number of phenolic OH excluding ortho intramolecular Hbond substituents is 1. The molecule has 0 atom stereocenters. The van der Waals surface area contributed by atoms with Crippen molar-refractivity contribution >= 4 is 28.7 Å². The number of hydrogen-bond donors (Lipinski definition) is 1. The van der Waals surface area contributed by atoms with E-state index in [-0.39, 0.29) is 12.4 Å². The molecule has 0 saturated carbocycles. The molecule has 0 saturated heterocycles. The van der Waals surface area contributed by atoms with E-state index in [4.69, 9.17) is 18.9 Å². The molecule has 8 nitrogen and oxygen atoms in total. The van der Waals surface area contributed by atoms with Crippen molar-refractivity contribution in [2.45, 2.75) is 13.3 Å². The second kappa shape index (κ2) is 13.4. The Balaban J connectivity index is 1.12. The van der Waals surface area contributed by atoms with Crippen molar-refractivity contribution in [2.75, 3.05) is 13.2 Å². The summed E-state index contributed by atoms with van der Waals surface area (Å²) >= 11 is 0. The highest BCUT2D eigenvalue weighted by Crippen LogP contribution is 2.24. The van der Waals surface area contributed by atoms with Crippen LogP contribution in [0.4, 0.5) is 0 Å². The molecule has 0 aliphatic rings. The van der Waals surface area contributed by atoms with Gasteiger partial charge in [0.05, 0.1) is 29.9 Å². The second-order valence-corrected chi connectivity index (χ2v) is 9.54. The predicted octanol–water partition coefficient (Wildman–Crippen LogP) is 6.78. The molecule has 0 amide bonds. The summed E-state index contributed by atoms with van der Waals surface area (Å²) in [4.78, 5) is 37.4. The summed E-state index contributed by atoms with van der Waals surface area (Å²) in [7, 11) is 0. The van der Waals surface area contributed by atoms with E-state index in [9.17, 15) is 19.5 Å². The van der Waals surface area contributed by atoms with Gasteiger partial charge in [-0.3, -0.25) is 0 Å². The molecular formula is C35H28O8. The molecule has 0 aliphatic heterocycles. The summed E-state index contributed by atoms with van der Waals surface area (Å²) in [6.45, 7) is 2.60. The van der Waals surface area contributed by atoms with Crippen molar-refractivity contribution in [3.05, 3.63) is 131 Å². The maximum absolute atomic E-state index is 12.7. The lowest BCUT2D eigenvalue weighted by Crippen LogP contribution is -2.09. The molecule has 5 aromatic rings. The molecule has 1 N–H and O–H groups in total. The number of rotatable bonds is 10. The molecule has 43 heavy (non-hydrogen) atoms. The molecule has 8 heteroatoms. The summed E-state index contributed by atoms with van der Waals surface area (Å²) in [6, 6.07) is 29.8. The van der Waals surface area contributed by atoms with Gasteiger partial charge in [0.2, 0.25) is 0 Å². The van der Waals surface area contributed by atoms with Crippen molar-refractivity contribution < 1.29 is 38.4 Å². The van der Waals surface area contributed by atoms with Crippen LogP contribution in [0.15, 0.2) is 109 Å². The van der Waals surface area contributed by atoms with Gasteiger partial charge in [0.1, 0.15) is 23.0 Å². The van der Waals surface area contributed by atoms with Crippen LogP contribution in [-0.4, -0.2) is 36.2 Å². The highest BCUT2D eigenvalue weighted by atomic mass is 16.5. The highest BCUT2D eigenvalue weighted by molar-refractivity contribution is 5.96. The van der Waals surface area contributed by atoms with Gasteiger partial charge in [-0.05, 0) is 108 Å². The Bertz CT molecular complexity index is 1740. The zero-order chi connectivity index (χ0) is 30.2. The molecule has 5 rings (SSSR count). The molecule has 0 bridgehead atoms. The average molecular weight is 577 g/mol. The maximum Gasteiger partial charge on any atom is 0.343 e. The van der Waals surface area contributed by atoms with E-state index in [1.807, 2.05) is 6.92 Å². The lowest BCUT2D eigenvalue weighted by Gasteiger charge is -2.09. The topological polar surface area (TPSA) is 108 Å². The first kappa shape index (κ1) is 28.9. The van der Waals surface area contributed by atoms with Crippen molar-refractivity contribution in [3.63, 3.8) is 0 Å². The first-order valence-electron chi connectivity index (χ1n) is 13.6. The number of hydrogen-bond acceptors (Lipinski definition) is 8. The van der Waals surface area contributed by atoms with Crippen LogP contribution in [0.25, 0.3) is 10.8 Å². The molecule has 5 aromatic carbocycles. The van der Waals surface area contributed by atoms with Crippen LogP contribution in [0.5, 0.6) is 23.0 Å². The SMILES string of the molecule is CCOc1ccc(C(=O)Oc2ccc3cc(C(=O)OCCc4ccc(OC(=O)c5ccc(O)cc5)cc4)ccc3c2)cc1. The third kappa shape index (κ3) is 7.56. The van der Waals surface area contributed by atoms with Gasteiger partial charge in [0.25, 0.3) is 0 Å². The maximum atomic E-state index is 12.7. The smallest absolute Gasteiger partial charge is 0.343 e. The number of benzene rings is 5. The van der Waals surface area contributed by atoms with Crippen molar-refractivity contribution in [1.29, 1.82) is 0 Å². The first-order chi connectivity index (χ1) is 20.9. The highest BCUT2D eigenvalue weighted by Gasteiger charge is 2.12. The summed E-state index contributed by atoms with van der Waals surface area (Å²) in [5.74, 6) is 0.0584. The second-order valence-electron chi connectivity index (χ2n) is 9.54. The minimum atomic E-state index is -0.529. The van der Waals surface area contributed by atoms with Crippen LogP contribution in [0.3, 0.4) is 0 Å². The monoisotopic (exact) mass is 576 g/mol. The van der Waals surface area contributed by atoms with E-state index in [1.54, 1.807) is 84.9 Å². The summed E-state index contributed by atoms with van der Waals surface area (Å²) in [5, 5.41) is 11.0. The number of carbonyl (C=O) groups is 3. The van der Waals surface area contributed by atoms with Crippen molar-refractivity contribution in [3.8, 4) is 23.0 Å².